The molecule has 4 amide bonds. The molecule has 0 bridgehead atoms. The van der Waals surface area contributed by atoms with E-state index in [1.54, 1.807) is 43.3 Å². The van der Waals surface area contributed by atoms with Gasteiger partial charge in [-0.3, -0.25) is 9.59 Å². The van der Waals surface area contributed by atoms with Gasteiger partial charge in [-0.1, -0.05) is 28.1 Å². The molecule has 1 aliphatic rings. The van der Waals surface area contributed by atoms with Crippen LogP contribution in [-0.4, -0.2) is 37.5 Å². The topological polar surface area (TPSA) is 149 Å². The van der Waals surface area contributed by atoms with Crippen molar-refractivity contribution in [2.24, 2.45) is 5.73 Å². The Morgan fingerprint density at radius 3 is 2.61 bits per heavy atom. The number of hydrogen-bond donors (Lipinski definition) is 4. The lowest BCUT2D eigenvalue weighted by Gasteiger charge is -2.30. The van der Waals surface area contributed by atoms with E-state index in [4.69, 9.17) is 15.2 Å². The third-order valence-electron chi connectivity index (χ3n) is 4.75. The van der Waals surface area contributed by atoms with Crippen molar-refractivity contribution >= 4 is 45.4 Å². The number of esters is 1. The number of hydrogen-bond acceptors (Lipinski definition) is 6. The van der Waals surface area contributed by atoms with Gasteiger partial charge in [0.15, 0.2) is 6.61 Å². The van der Waals surface area contributed by atoms with Crippen LogP contribution >= 0.6 is 15.9 Å². The van der Waals surface area contributed by atoms with E-state index in [1.807, 2.05) is 0 Å². The van der Waals surface area contributed by atoms with E-state index < -0.39 is 29.9 Å². The molecule has 1 heterocycles. The Morgan fingerprint density at radius 1 is 1.18 bits per heavy atom. The molecule has 0 saturated carbocycles. The molecule has 2 aromatic rings. The number of methoxy groups -OCH3 is 1. The van der Waals surface area contributed by atoms with E-state index in [1.165, 1.54) is 13.2 Å². The van der Waals surface area contributed by atoms with Crippen molar-refractivity contribution in [1.82, 2.24) is 10.6 Å². The molecule has 0 spiro atoms. The van der Waals surface area contributed by atoms with Gasteiger partial charge in [0.05, 0.1) is 30.0 Å². The molecule has 1 aliphatic heterocycles. The first-order valence-electron chi connectivity index (χ1n) is 9.68. The lowest BCUT2D eigenvalue weighted by molar-refractivity contribution is -0.120. The van der Waals surface area contributed by atoms with Crippen molar-refractivity contribution in [3.05, 3.63) is 69.3 Å². The molecular formula is C22H21BrN4O6. The summed E-state index contributed by atoms with van der Waals surface area (Å²) < 4.78 is 10.9. The van der Waals surface area contributed by atoms with Crippen molar-refractivity contribution in [3.8, 4) is 5.75 Å². The zero-order valence-electron chi connectivity index (χ0n) is 17.7. The first-order chi connectivity index (χ1) is 15.7. The van der Waals surface area contributed by atoms with Crippen molar-refractivity contribution in [2.75, 3.05) is 19.0 Å². The van der Waals surface area contributed by atoms with Gasteiger partial charge in [0, 0.05) is 15.7 Å². The number of halogens is 1. The minimum absolute atomic E-state index is 0.170. The fourth-order valence-corrected chi connectivity index (χ4v) is 3.70. The van der Waals surface area contributed by atoms with Crippen molar-refractivity contribution in [2.45, 2.75) is 13.0 Å². The highest BCUT2D eigenvalue weighted by Crippen LogP contribution is 2.35. The SMILES string of the molecule is COC(=O)c1ccccc1NC(=O)C1=C(C)NC(=O)N[C@H]1c1cc(Br)ccc1OCC(N)=O. The van der Waals surface area contributed by atoms with Crippen LogP contribution in [0.4, 0.5) is 10.5 Å². The van der Waals surface area contributed by atoms with Gasteiger partial charge in [0.25, 0.3) is 11.8 Å². The predicted molar refractivity (Wildman–Crippen MR) is 122 cm³/mol. The third-order valence-corrected chi connectivity index (χ3v) is 5.24. The van der Waals surface area contributed by atoms with Crippen LogP contribution in [0.3, 0.4) is 0 Å². The van der Waals surface area contributed by atoms with Crippen LogP contribution in [0.5, 0.6) is 5.75 Å². The van der Waals surface area contributed by atoms with Gasteiger partial charge in [-0.15, -0.1) is 0 Å². The Morgan fingerprint density at radius 2 is 1.91 bits per heavy atom. The highest BCUT2D eigenvalue weighted by molar-refractivity contribution is 9.10. The average Bonchev–Trinajstić information content (AvgIpc) is 2.77. The fraction of sp³-hybridized carbons (Fsp3) is 0.182. The second-order valence-electron chi connectivity index (χ2n) is 7.00. The number of carbonyl (C=O) groups is 4. The Hall–Kier alpha value is -3.86. The molecule has 0 aromatic heterocycles. The monoisotopic (exact) mass is 516 g/mol. The minimum Gasteiger partial charge on any atom is -0.483 e. The van der Waals surface area contributed by atoms with Crippen LogP contribution in [0.25, 0.3) is 0 Å². The molecular weight excluding hydrogens is 496 g/mol. The first-order valence-corrected chi connectivity index (χ1v) is 10.5. The van der Waals surface area contributed by atoms with E-state index in [-0.39, 0.29) is 29.2 Å². The Balaban J connectivity index is 2.03. The number of ether oxygens (including phenoxy) is 2. The van der Waals surface area contributed by atoms with Crippen LogP contribution in [0, 0.1) is 0 Å². The summed E-state index contributed by atoms with van der Waals surface area (Å²) in [5.41, 5.74) is 6.50. The molecule has 11 heteroatoms. The maximum atomic E-state index is 13.4. The number of primary amides is 1. The highest BCUT2D eigenvalue weighted by Gasteiger charge is 2.33. The van der Waals surface area contributed by atoms with Gasteiger partial charge >= 0.3 is 12.0 Å². The van der Waals surface area contributed by atoms with Crippen LogP contribution in [0.1, 0.15) is 28.9 Å². The summed E-state index contributed by atoms with van der Waals surface area (Å²) in [5, 5.41) is 7.99. The van der Waals surface area contributed by atoms with E-state index in [2.05, 4.69) is 31.9 Å². The molecule has 1 atom stereocenters. The molecule has 0 fully saturated rings. The van der Waals surface area contributed by atoms with E-state index in [9.17, 15) is 19.2 Å². The molecule has 3 rings (SSSR count). The van der Waals surface area contributed by atoms with Gasteiger partial charge in [0.2, 0.25) is 0 Å². The fourth-order valence-electron chi connectivity index (χ4n) is 3.32. The molecule has 0 saturated heterocycles. The van der Waals surface area contributed by atoms with Crippen LogP contribution in [0.2, 0.25) is 0 Å². The number of allylic oxidation sites excluding steroid dienone is 1. The zero-order chi connectivity index (χ0) is 24.1. The normalized spacial score (nSPS) is 15.2. The molecule has 0 unspecified atom stereocenters. The third kappa shape index (κ3) is 5.50. The summed E-state index contributed by atoms with van der Waals surface area (Å²) in [6, 6.07) is 9.87. The number of para-hydroxylation sites is 1. The number of amides is 4. The predicted octanol–water partition coefficient (Wildman–Crippen LogP) is 2.37. The number of benzene rings is 2. The van der Waals surface area contributed by atoms with Gasteiger partial charge in [-0.2, -0.15) is 0 Å². The van der Waals surface area contributed by atoms with Crippen molar-refractivity contribution in [3.63, 3.8) is 0 Å². The number of rotatable bonds is 7. The molecule has 10 nitrogen and oxygen atoms in total. The molecule has 33 heavy (non-hydrogen) atoms. The summed E-state index contributed by atoms with van der Waals surface area (Å²) in [7, 11) is 1.24. The molecule has 5 N–H and O–H groups in total. The smallest absolute Gasteiger partial charge is 0.339 e. The summed E-state index contributed by atoms with van der Waals surface area (Å²) in [6.45, 7) is 1.19. The van der Waals surface area contributed by atoms with Crippen LogP contribution < -0.4 is 26.4 Å². The van der Waals surface area contributed by atoms with Gasteiger partial charge in [0.1, 0.15) is 5.75 Å². The van der Waals surface area contributed by atoms with Gasteiger partial charge < -0.3 is 31.2 Å². The second-order valence-corrected chi connectivity index (χ2v) is 7.91. The number of nitrogens with one attached hydrogen (secondary N) is 3. The number of carbonyl (C=O) groups excluding carboxylic acids is 4. The maximum absolute atomic E-state index is 13.4. The second kappa shape index (κ2) is 10.2. The summed E-state index contributed by atoms with van der Waals surface area (Å²) in [6.07, 6.45) is 0. The lowest BCUT2D eigenvalue weighted by Crippen LogP contribution is -2.46. The van der Waals surface area contributed by atoms with Crippen LogP contribution in [-0.2, 0) is 14.3 Å². The average molecular weight is 517 g/mol. The van der Waals surface area contributed by atoms with E-state index in [0.717, 1.165) is 0 Å². The van der Waals surface area contributed by atoms with E-state index >= 15 is 0 Å². The lowest BCUT2D eigenvalue weighted by atomic mass is 9.94. The number of nitrogens with two attached hydrogens (primary N) is 1. The highest BCUT2D eigenvalue weighted by atomic mass is 79.9. The van der Waals surface area contributed by atoms with Gasteiger partial charge in [-0.05, 0) is 37.3 Å². The van der Waals surface area contributed by atoms with Crippen molar-refractivity contribution in [1.29, 1.82) is 0 Å². The largest absolute Gasteiger partial charge is 0.483 e. The standard InChI is InChI=1S/C22H21BrN4O6/c1-11-18(20(29)26-15-6-4-3-5-13(15)21(30)32-2)19(27-22(31)25-11)14-9-12(23)7-8-16(14)33-10-17(24)28/h3-9,19H,10H2,1-2H3,(H2,24,28)(H,26,29)(H2,25,27,31)/t19-/m0/s1. The van der Waals surface area contributed by atoms with Gasteiger partial charge in [-0.25, -0.2) is 9.59 Å². The zero-order valence-corrected chi connectivity index (χ0v) is 19.3. The molecule has 0 radical (unpaired) electrons. The number of anilines is 1. The Kier molecular flexibility index (Phi) is 7.34. The first kappa shape index (κ1) is 23.8. The molecule has 172 valence electrons. The summed E-state index contributed by atoms with van der Waals surface area (Å²) in [4.78, 5) is 48.9. The minimum atomic E-state index is -0.926. The maximum Gasteiger partial charge on any atom is 0.339 e. The van der Waals surface area contributed by atoms with Crippen LogP contribution in [0.15, 0.2) is 58.2 Å². The van der Waals surface area contributed by atoms with E-state index in [0.29, 0.717) is 15.7 Å². The molecule has 2 aromatic carbocycles. The quantitative estimate of drug-likeness (QED) is 0.415. The molecule has 0 aliphatic carbocycles. The summed E-state index contributed by atoms with van der Waals surface area (Å²) in [5.74, 6) is -1.60. The Bertz CT molecular complexity index is 1160. The summed E-state index contributed by atoms with van der Waals surface area (Å²) >= 11 is 3.37. The van der Waals surface area contributed by atoms with Crippen molar-refractivity contribution < 1.29 is 28.7 Å². The number of urea groups is 1. The Labute approximate surface area is 197 Å².